The quantitative estimate of drug-likeness (QED) is 0.814. The summed E-state index contributed by atoms with van der Waals surface area (Å²) in [6.07, 6.45) is 0. The highest BCUT2D eigenvalue weighted by atomic mass is 16.5. The van der Waals surface area contributed by atoms with Crippen LogP contribution < -0.4 is 10.1 Å². The van der Waals surface area contributed by atoms with Gasteiger partial charge in [-0.2, -0.15) is 0 Å². The van der Waals surface area contributed by atoms with Crippen molar-refractivity contribution in [1.29, 1.82) is 0 Å². The van der Waals surface area contributed by atoms with Crippen LogP contribution in [0.25, 0.3) is 0 Å². The highest BCUT2D eigenvalue weighted by Crippen LogP contribution is 2.29. The predicted octanol–water partition coefficient (Wildman–Crippen LogP) is 1.83. The molecule has 2 N–H and O–H groups in total. The maximum atomic E-state index is 11.0. The Hall–Kier alpha value is -2.04. The van der Waals surface area contributed by atoms with Crippen LogP contribution in [0.1, 0.15) is 36.5 Å². The summed E-state index contributed by atoms with van der Waals surface area (Å²) >= 11 is 0. The van der Waals surface area contributed by atoms with Gasteiger partial charge in [-0.15, -0.1) is 0 Å². The molecule has 0 saturated heterocycles. The van der Waals surface area contributed by atoms with Crippen molar-refractivity contribution in [2.45, 2.75) is 33.2 Å². The summed E-state index contributed by atoms with van der Waals surface area (Å²) in [5.74, 6) is -1.39. The van der Waals surface area contributed by atoms with E-state index in [0.717, 1.165) is 22.4 Å². The Balaban J connectivity index is 2.98. The molecule has 0 aliphatic heterocycles. The molecule has 0 aliphatic rings. The van der Waals surface area contributed by atoms with E-state index in [0.29, 0.717) is 0 Å². The number of aliphatic carboxylic acids is 1. The largest absolute Gasteiger partial charge is 0.496 e. The number of benzene rings is 1. The van der Waals surface area contributed by atoms with Gasteiger partial charge in [-0.05, 0) is 41.7 Å². The molecule has 1 amide bonds. The van der Waals surface area contributed by atoms with E-state index in [1.165, 1.54) is 0 Å². The summed E-state index contributed by atoms with van der Waals surface area (Å²) in [5.41, 5.74) is 2.87. The van der Waals surface area contributed by atoms with Gasteiger partial charge < -0.3 is 15.2 Å². The second kappa shape index (κ2) is 6.22. The second-order valence-electron chi connectivity index (χ2n) is 4.66. The number of hydrogen-bond acceptors (Lipinski definition) is 3. The van der Waals surface area contributed by atoms with E-state index < -0.39 is 11.9 Å². The van der Waals surface area contributed by atoms with Crippen molar-refractivity contribution in [2.24, 2.45) is 0 Å². The summed E-state index contributed by atoms with van der Waals surface area (Å²) in [6.45, 7) is 6.19. The molecule has 0 fully saturated rings. The highest BCUT2D eigenvalue weighted by molar-refractivity contribution is 6.31. The molecule has 0 unspecified atom stereocenters. The van der Waals surface area contributed by atoms with E-state index in [9.17, 15) is 9.59 Å². The van der Waals surface area contributed by atoms with Gasteiger partial charge >= 0.3 is 11.9 Å². The molecule has 5 heteroatoms. The molecule has 19 heavy (non-hydrogen) atoms. The van der Waals surface area contributed by atoms with E-state index in [-0.39, 0.29) is 12.5 Å². The number of carboxylic acid groups (broad SMARTS) is 1. The molecule has 0 aliphatic carbocycles. The molecule has 0 spiro atoms. The fourth-order valence-electron chi connectivity index (χ4n) is 1.81. The number of nitrogens with one attached hydrogen (secondary N) is 1. The van der Waals surface area contributed by atoms with Crippen LogP contribution in [0, 0.1) is 6.92 Å². The van der Waals surface area contributed by atoms with Crippen LogP contribution in [0.15, 0.2) is 12.1 Å². The molecule has 0 saturated carbocycles. The van der Waals surface area contributed by atoms with Crippen molar-refractivity contribution in [2.75, 3.05) is 7.11 Å². The van der Waals surface area contributed by atoms with Crippen LogP contribution in [-0.4, -0.2) is 24.1 Å². The minimum atomic E-state index is -1.48. The topological polar surface area (TPSA) is 75.6 Å². The molecule has 0 atom stereocenters. The minimum Gasteiger partial charge on any atom is -0.496 e. The predicted molar refractivity (Wildman–Crippen MR) is 71.3 cm³/mol. The molecule has 0 heterocycles. The highest BCUT2D eigenvalue weighted by Gasteiger charge is 2.14. The molecule has 0 radical (unpaired) electrons. The van der Waals surface area contributed by atoms with Gasteiger partial charge in [-0.3, -0.25) is 4.79 Å². The third-order valence-electron chi connectivity index (χ3n) is 2.94. The van der Waals surface area contributed by atoms with Crippen LogP contribution in [0.5, 0.6) is 5.75 Å². The number of carboxylic acids is 1. The third-order valence-corrected chi connectivity index (χ3v) is 2.94. The molecular formula is C14H19NO4. The van der Waals surface area contributed by atoms with Crippen LogP contribution in [0.2, 0.25) is 0 Å². The molecular weight excluding hydrogens is 246 g/mol. The van der Waals surface area contributed by atoms with Crippen LogP contribution >= 0.6 is 0 Å². The number of methoxy groups -OCH3 is 1. The zero-order valence-corrected chi connectivity index (χ0v) is 11.6. The second-order valence-corrected chi connectivity index (χ2v) is 4.66. The molecule has 0 aromatic heterocycles. The van der Waals surface area contributed by atoms with Crippen molar-refractivity contribution in [3.8, 4) is 5.75 Å². The molecule has 1 aromatic carbocycles. The minimum absolute atomic E-state index is 0.195. The van der Waals surface area contributed by atoms with E-state index in [2.05, 4.69) is 5.32 Å². The van der Waals surface area contributed by atoms with Crippen LogP contribution in [0.4, 0.5) is 0 Å². The molecule has 104 valence electrons. The number of aryl methyl sites for hydroxylation is 1. The Morgan fingerprint density at radius 3 is 2.47 bits per heavy atom. The molecule has 0 bridgehead atoms. The molecule has 5 nitrogen and oxygen atoms in total. The first-order valence-electron chi connectivity index (χ1n) is 6.05. The average Bonchev–Trinajstić information content (AvgIpc) is 2.35. The standard InChI is InChI=1S/C14H19NO4/c1-8(2)11-6-10(7-15-13(16)14(17)18)9(3)5-12(11)19-4/h5-6,8H,7H2,1-4H3,(H,15,16)(H,17,18). The van der Waals surface area contributed by atoms with Crippen LogP contribution in [-0.2, 0) is 16.1 Å². The average molecular weight is 265 g/mol. The first-order chi connectivity index (χ1) is 8.86. The lowest BCUT2D eigenvalue weighted by Crippen LogP contribution is -2.30. The van der Waals surface area contributed by atoms with Gasteiger partial charge in [0.25, 0.3) is 0 Å². The zero-order valence-electron chi connectivity index (χ0n) is 11.6. The Bertz CT molecular complexity index is 494. The monoisotopic (exact) mass is 265 g/mol. The van der Waals surface area contributed by atoms with E-state index in [4.69, 9.17) is 9.84 Å². The van der Waals surface area contributed by atoms with Gasteiger partial charge in [0, 0.05) is 6.54 Å². The summed E-state index contributed by atoms with van der Waals surface area (Å²) in [7, 11) is 1.62. The van der Waals surface area contributed by atoms with E-state index >= 15 is 0 Å². The zero-order chi connectivity index (χ0) is 14.6. The van der Waals surface area contributed by atoms with Gasteiger partial charge in [-0.25, -0.2) is 4.79 Å². The summed E-state index contributed by atoms with van der Waals surface area (Å²) in [6, 6.07) is 3.85. The Labute approximate surface area is 112 Å². The van der Waals surface area contributed by atoms with Gasteiger partial charge in [0.05, 0.1) is 7.11 Å². The Morgan fingerprint density at radius 2 is 2.00 bits per heavy atom. The number of ether oxygens (including phenoxy) is 1. The number of hydrogen-bond donors (Lipinski definition) is 2. The van der Waals surface area contributed by atoms with Crippen molar-refractivity contribution >= 4 is 11.9 Å². The normalized spacial score (nSPS) is 10.4. The first-order valence-corrected chi connectivity index (χ1v) is 6.05. The summed E-state index contributed by atoms with van der Waals surface area (Å²) in [5, 5.41) is 10.9. The van der Waals surface area contributed by atoms with Gasteiger partial charge in [0.1, 0.15) is 5.75 Å². The Kier molecular flexibility index (Phi) is 4.92. The summed E-state index contributed by atoms with van der Waals surface area (Å²) < 4.78 is 5.32. The van der Waals surface area contributed by atoms with Crippen molar-refractivity contribution < 1.29 is 19.4 Å². The lowest BCUT2D eigenvalue weighted by Gasteiger charge is -2.16. The van der Waals surface area contributed by atoms with Gasteiger partial charge in [-0.1, -0.05) is 13.8 Å². The maximum absolute atomic E-state index is 11.0. The summed E-state index contributed by atoms with van der Waals surface area (Å²) in [4.78, 5) is 21.5. The fraction of sp³-hybridized carbons (Fsp3) is 0.429. The van der Waals surface area contributed by atoms with Crippen molar-refractivity contribution in [3.05, 3.63) is 28.8 Å². The number of carbonyl (C=O) groups excluding carboxylic acids is 1. The lowest BCUT2D eigenvalue weighted by molar-refractivity contribution is -0.150. The van der Waals surface area contributed by atoms with Crippen LogP contribution in [0.3, 0.4) is 0 Å². The smallest absolute Gasteiger partial charge is 0.394 e. The third kappa shape index (κ3) is 3.71. The SMILES string of the molecule is COc1cc(C)c(CNC(=O)C(=O)O)cc1C(C)C. The van der Waals surface area contributed by atoms with Crippen molar-refractivity contribution in [3.63, 3.8) is 0 Å². The number of carbonyl (C=O) groups is 2. The van der Waals surface area contributed by atoms with Gasteiger partial charge in [0.2, 0.25) is 0 Å². The number of amides is 1. The lowest BCUT2D eigenvalue weighted by atomic mass is 9.96. The maximum Gasteiger partial charge on any atom is 0.394 e. The van der Waals surface area contributed by atoms with E-state index in [1.54, 1.807) is 7.11 Å². The van der Waals surface area contributed by atoms with E-state index in [1.807, 2.05) is 32.9 Å². The number of rotatable bonds is 4. The molecule has 1 aromatic rings. The van der Waals surface area contributed by atoms with Gasteiger partial charge in [0.15, 0.2) is 0 Å². The first kappa shape index (κ1) is 15.0. The Morgan fingerprint density at radius 1 is 1.37 bits per heavy atom. The fourth-order valence-corrected chi connectivity index (χ4v) is 1.81. The van der Waals surface area contributed by atoms with Crippen molar-refractivity contribution in [1.82, 2.24) is 5.32 Å². The molecule has 1 rings (SSSR count).